The number of carboxylic acid groups (broad SMARTS) is 2. The lowest BCUT2D eigenvalue weighted by Gasteiger charge is -2.29. The summed E-state index contributed by atoms with van der Waals surface area (Å²) in [4.78, 5) is 46.1. The Morgan fingerprint density at radius 2 is 1.48 bits per heavy atom. The van der Waals surface area contributed by atoms with Gasteiger partial charge < -0.3 is 20.4 Å². The number of rotatable bonds is 6. The Labute approximate surface area is 131 Å². The minimum Gasteiger partial charge on any atom is -0.479 e. The number of aliphatic carboxylic acids is 2. The molecular weight excluding hydrogens is 308 g/mol. The van der Waals surface area contributed by atoms with Crippen molar-refractivity contribution in [3.05, 3.63) is 34.4 Å². The molecule has 0 aromatic heterocycles. The van der Waals surface area contributed by atoms with Crippen molar-refractivity contribution in [2.45, 2.75) is 32.5 Å². The molecule has 1 rings (SSSR count). The van der Waals surface area contributed by atoms with Crippen molar-refractivity contribution in [1.82, 2.24) is 0 Å². The first-order chi connectivity index (χ1) is 10.5. The van der Waals surface area contributed by atoms with Crippen LogP contribution in [0.15, 0.2) is 12.1 Å². The summed E-state index contributed by atoms with van der Waals surface area (Å²) in [7, 11) is 0. The van der Waals surface area contributed by atoms with Gasteiger partial charge in [0.15, 0.2) is 17.7 Å². The predicted octanol–water partition coefficient (Wildman–Crippen LogP) is 0.118. The van der Waals surface area contributed by atoms with Gasteiger partial charge in [-0.15, -0.1) is 0 Å². The van der Waals surface area contributed by atoms with Gasteiger partial charge in [-0.2, -0.15) is 0 Å². The first-order valence-electron chi connectivity index (χ1n) is 6.48. The molecule has 0 aliphatic heterocycles. The van der Waals surface area contributed by atoms with Gasteiger partial charge in [0.2, 0.25) is 5.60 Å². The fraction of sp³-hybridized carbons (Fsp3) is 0.333. The molecule has 0 aliphatic carbocycles. The van der Waals surface area contributed by atoms with Gasteiger partial charge in [0.1, 0.15) is 0 Å². The number of carboxylic acids is 2. The van der Waals surface area contributed by atoms with Crippen molar-refractivity contribution in [3.63, 3.8) is 0 Å². The largest absolute Gasteiger partial charge is 0.479 e. The number of carbonyl (C=O) groups is 4. The van der Waals surface area contributed by atoms with Gasteiger partial charge in [0.25, 0.3) is 0 Å². The topological polar surface area (TPSA) is 149 Å². The highest BCUT2D eigenvalue weighted by molar-refractivity contribution is 6.10. The first kappa shape index (κ1) is 18.5. The van der Waals surface area contributed by atoms with Crippen LogP contribution in [0.1, 0.15) is 45.7 Å². The van der Waals surface area contributed by atoms with Gasteiger partial charge in [-0.25, -0.2) is 9.59 Å². The van der Waals surface area contributed by atoms with Gasteiger partial charge in [0, 0.05) is 16.7 Å². The van der Waals surface area contributed by atoms with Crippen LogP contribution in [-0.4, -0.2) is 50.0 Å². The third-order valence-corrected chi connectivity index (χ3v) is 3.48. The number of aryl methyl sites for hydroxylation is 1. The number of Topliss-reactive ketones (excluding diaryl/α,β-unsaturated/α-hetero) is 2. The third-order valence-electron chi connectivity index (χ3n) is 3.48. The van der Waals surface area contributed by atoms with E-state index in [0.717, 1.165) is 19.9 Å². The van der Waals surface area contributed by atoms with E-state index in [9.17, 15) is 34.5 Å². The van der Waals surface area contributed by atoms with E-state index in [1.807, 2.05) is 0 Å². The van der Waals surface area contributed by atoms with E-state index in [1.54, 1.807) is 0 Å². The number of benzene rings is 1. The van der Waals surface area contributed by atoms with Crippen LogP contribution in [0.3, 0.4) is 0 Å². The molecule has 0 fully saturated rings. The highest BCUT2D eigenvalue weighted by atomic mass is 16.4. The van der Waals surface area contributed by atoms with Crippen LogP contribution in [-0.2, 0) is 15.2 Å². The Kier molecular flexibility index (Phi) is 5.03. The van der Waals surface area contributed by atoms with Crippen molar-refractivity contribution >= 4 is 23.5 Å². The second-order valence-electron chi connectivity index (χ2n) is 5.10. The zero-order valence-corrected chi connectivity index (χ0v) is 12.7. The Morgan fingerprint density at radius 1 is 1.00 bits per heavy atom. The molecule has 0 bridgehead atoms. The molecule has 4 N–H and O–H groups in total. The van der Waals surface area contributed by atoms with Crippen LogP contribution in [0.4, 0.5) is 0 Å². The van der Waals surface area contributed by atoms with E-state index in [-0.39, 0.29) is 5.56 Å². The second-order valence-corrected chi connectivity index (χ2v) is 5.10. The summed E-state index contributed by atoms with van der Waals surface area (Å²) in [6.07, 6.45) is -2.74. The average molecular weight is 324 g/mol. The molecule has 0 amide bonds. The molecule has 0 saturated heterocycles. The zero-order chi connectivity index (χ0) is 18.1. The Hall–Kier alpha value is -2.58. The molecule has 0 saturated carbocycles. The normalized spacial score (nSPS) is 14.7. The fourth-order valence-corrected chi connectivity index (χ4v) is 2.40. The van der Waals surface area contributed by atoms with Crippen LogP contribution in [0.25, 0.3) is 0 Å². The minimum atomic E-state index is -3.29. The molecule has 0 heterocycles. The van der Waals surface area contributed by atoms with E-state index < -0.39 is 46.3 Å². The number of ketones is 2. The first-order valence-corrected chi connectivity index (χ1v) is 6.48. The van der Waals surface area contributed by atoms with Gasteiger partial charge in [-0.05, 0) is 26.3 Å². The Morgan fingerprint density at radius 3 is 1.83 bits per heavy atom. The molecule has 0 unspecified atom stereocenters. The Bertz CT molecular complexity index is 706. The van der Waals surface area contributed by atoms with Crippen LogP contribution in [0.2, 0.25) is 0 Å². The average Bonchev–Trinajstić information content (AvgIpc) is 2.44. The van der Waals surface area contributed by atoms with E-state index in [0.29, 0.717) is 5.56 Å². The van der Waals surface area contributed by atoms with Crippen LogP contribution >= 0.6 is 0 Å². The molecular formula is C15H16O8. The summed E-state index contributed by atoms with van der Waals surface area (Å²) in [5.41, 5.74) is -4.15. The number of hydrogen-bond acceptors (Lipinski definition) is 6. The van der Waals surface area contributed by atoms with Crippen LogP contribution < -0.4 is 0 Å². The Balaban J connectivity index is 3.93. The summed E-state index contributed by atoms with van der Waals surface area (Å²) >= 11 is 0. The standard InChI is InChI=1S/C15H16O8/c1-6-4-5-9(11(8(3)17)10(6)7(2)16)15(23,14(21)22)12(18)13(19)20/h4-5,12,18,23H,1-3H3,(H,19,20)(H,21,22)/t12-,15+/m1/s1. The monoisotopic (exact) mass is 324 g/mol. The van der Waals surface area contributed by atoms with Gasteiger partial charge in [-0.3, -0.25) is 9.59 Å². The summed E-state index contributed by atoms with van der Waals surface area (Å²) in [5.74, 6) is -5.36. The number of carbonyl (C=O) groups excluding carboxylic acids is 2. The molecule has 2 atom stereocenters. The van der Waals surface area contributed by atoms with E-state index in [4.69, 9.17) is 5.11 Å². The quantitative estimate of drug-likeness (QED) is 0.539. The van der Waals surface area contributed by atoms with Crippen molar-refractivity contribution in [2.24, 2.45) is 0 Å². The number of hydrogen-bond donors (Lipinski definition) is 4. The maximum Gasteiger partial charge on any atom is 0.343 e. The van der Waals surface area contributed by atoms with Crippen LogP contribution in [0, 0.1) is 6.92 Å². The highest BCUT2D eigenvalue weighted by Gasteiger charge is 2.51. The number of aliphatic hydroxyl groups excluding tert-OH is 1. The van der Waals surface area contributed by atoms with E-state index >= 15 is 0 Å². The molecule has 1 aromatic rings. The maximum atomic E-state index is 11.9. The van der Waals surface area contributed by atoms with Gasteiger partial charge in [0.05, 0.1) is 0 Å². The molecule has 0 aliphatic rings. The summed E-state index contributed by atoms with van der Waals surface area (Å²) in [6, 6.07) is 2.28. The van der Waals surface area contributed by atoms with Crippen molar-refractivity contribution in [1.29, 1.82) is 0 Å². The molecule has 0 radical (unpaired) electrons. The van der Waals surface area contributed by atoms with E-state index in [2.05, 4.69) is 0 Å². The molecule has 8 heteroatoms. The van der Waals surface area contributed by atoms with Crippen molar-refractivity contribution in [2.75, 3.05) is 0 Å². The molecule has 8 nitrogen and oxygen atoms in total. The lowest BCUT2D eigenvalue weighted by molar-refractivity contribution is -0.185. The molecule has 1 aromatic carbocycles. The van der Waals surface area contributed by atoms with Crippen molar-refractivity contribution < 1.29 is 39.6 Å². The van der Waals surface area contributed by atoms with Crippen molar-refractivity contribution in [3.8, 4) is 0 Å². The summed E-state index contributed by atoms with van der Waals surface area (Å²) in [5, 5.41) is 38.1. The third kappa shape index (κ3) is 2.99. The second kappa shape index (κ2) is 6.27. The smallest absolute Gasteiger partial charge is 0.343 e. The molecule has 23 heavy (non-hydrogen) atoms. The van der Waals surface area contributed by atoms with Gasteiger partial charge in [-0.1, -0.05) is 12.1 Å². The van der Waals surface area contributed by atoms with Gasteiger partial charge >= 0.3 is 11.9 Å². The minimum absolute atomic E-state index is 0.132. The fourth-order valence-electron chi connectivity index (χ4n) is 2.40. The highest BCUT2D eigenvalue weighted by Crippen LogP contribution is 2.33. The lowest BCUT2D eigenvalue weighted by atomic mass is 9.80. The maximum absolute atomic E-state index is 11.9. The van der Waals surface area contributed by atoms with Crippen LogP contribution in [0.5, 0.6) is 0 Å². The molecule has 0 spiro atoms. The number of aliphatic hydroxyl groups is 2. The van der Waals surface area contributed by atoms with E-state index in [1.165, 1.54) is 13.0 Å². The zero-order valence-electron chi connectivity index (χ0n) is 12.7. The summed E-state index contributed by atoms with van der Waals surface area (Å²) in [6.45, 7) is 3.69. The lowest BCUT2D eigenvalue weighted by Crippen LogP contribution is -2.51. The predicted molar refractivity (Wildman–Crippen MR) is 76.4 cm³/mol. The summed E-state index contributed by atoms with van der Waals surface area (Å²) < 4.78 is 0. The molecule has 124 valence electrons. The SMILES string of the molecule is CC(=O)c1c(C)ccc([C@@](O)(C(=O)O)[C@H](O)C(=O)O)c1C(C)=O.